The van der Waals surface area contributed by atoms with Gasteiger partial charge in [0.2, 0.25) is 0 Å². The summed E-state index contributed by atoms with van der Waals surface area (Å²) in [5.74, 6) is 0.776. The van der Waals surface area contributed by atoms with Crippen molar-refractivity contribution in [2.45, 2.75) is 0 Å². The minimum absolute atomic E-state index is 0.329. The molecule has 7 heteroatoms. The van der Waals surface area contributed by atoms with Gasteiger partial charge in [0, 0.05) is 30.3 Å². The molecule has 0 bridgehead atoms. The second-order valence-corrected chi connectivity index (χ2v) is 6.66. The maximum Gasteiger partial charge on any atom is 0.199 e. The molecule has 4 rings (SSSR count). The first-order chi connectivity index (χ1) is 14.1. The number of morpholine rings is 1. The fourth-order valence-electron chi connectivity index (χ4n) is 3.14. The van der Waals surface area contributed by atoms with E-state index < -0.39 is 0 Å². The number of guanidine groups is 1. The lowest BCUT2D eigenvalue weighted by Gasteiger charge is -2.27. The monoisotopic (exact) mass is 392 g/mol. The molecule has 0 unspecified atom stereocenters. The fourth-order valence-corrected chi connectivity index (χ4v) is 3.14. The average Bonchev–Trinajstić information content (AvgIpc) is 3.23. The van der Waals surface area contributed by atoms with Crippen LogP contribution in [0.2, 0.25) is 0 Å². The summed E-state index contributed by atoms with van der Waals surface area (Å²) in [6, 6.07) is 16.0. The van der Waals surface area contributed by atoms with E-state index in [9.17, 15) is 4.39 Å². The first-order valence-electron chi connectivity index (χ1n) is 9.30. The summed E-state index contributed by atoms with van der Waals surface area (Å²) in [6.07, 6.45) is 0. The Bertz CT molecular complexity index is 1040. The van der Waals surface area contributed by atoms with Crippen molar-refractivity contribution in [2.24, 2.45) is 10.7 Å². The highest BCUT2D eigenvalue weighted by atomic mass is 19.1. The molecular weight excluding hydrogens is 371 g/mol. The summed E-state index contributed by atoms with van der Waals surface area (Å²) >= 11 is 0. The van der Waals surface area contributed by atoms with E-state index in [1.54, 1.807) is 18.2 Å². The maximum absolute atomic E-state index is 14.7. The molecule has 0 amide bonds. The molecule has 6 nitrogen and oxygen atoms in total. The van der Waals surface area contributed by atoms with Gasteiger partial charge in [-0.2, -0.15) is 4.99 Å². The first-order valence-corrected chi connectivity index (χ1v) is 9.30. The molecule has 0 saturated carbocycles. The zero-order valence-electron chi connectivity index (χ0n) is 15.8. The van der Waals surface area contributed by atoms with E-state index in [-0.39, 0.29) is 5.82 Å². The third-order valence-corrected chi connectivity index (χ3v) is 4.76. The van der Waals surface area contributed by atoms with Crippen LogP contribution in [-0.4, -0.2) is 42.3 Å². The number of nitrogens with zero attached hydrogens (tertiary/aromatic N) is 3. The highest BCUT2D eigenvalue weighted by Gasteiger charge is 2.15. The van der Waals surface area contributed by atoms with Crippen LogP contribution in [0, 0.1) is 5.82 Å². The van der Waals surface area contributed by atoms with Crippen LogP contribution in [0.25, 0.3) is 16.7 Å². The highest BCUT2D eigenvalue weighted by Crippen LogP contribution is 2.29. The van der Waals surface area contributed by atoms with Crippen molar-refractivity contribution in [1.82, 2.24) is 10.1 Å². The minimum atomic E-state index is -0.329. The molecule has 29 heavy (non-hydrogen) atoms. The van der Waals surface area contributed by atoms with Crippen molar-refractivity contribution in [2.75, 3.05) is 26.3 Å². The summed E-state index contributed by atoms with van der Waals surface area (Å²) in [6.45, 7) is 6.60. The van der Waals surface area contributed by atoms with Gasteiger partial charge >= 0.3 is 0 Å². The predicted molar refractivity (Wildman–Crippen MR) is 110 cm³/mol. The van der Waals surface area contributed by atoms with Crippen LogP contribution < -0.4 is 5.73 Å². The summed E-state index contributed by atoms with van der Waals surface area (Å²) < 4.78 is 25.3. The van der Waals surface area contributed by atoms with Crippen LogP contribution in [0.1, 0.15) is 11.3 Å². The van der Waals surface area contributed by atoms with Gasteiger partial charge in [-0.3, -0.25) is 0 Å². The third kappa shape index (κ3) is 4.20. The van der Waals surface area contributed by atoms with E-state index in [1.165, 1.54) is 6.07 Å². The van der Waals surface area contributed by atoms with Crippen molar-refractivity contribution >= 4 is 17.4 Å². The Labute approximate surface area is 168 Å². The first kappa shape index (κ1) is 18.9. The number of rotatable bonds is 4. The summed E-state index contributed by atoms with van der Waals surface area (Å²) in [4.78, 5) is 6.22. The Morgan fingerprint density at radius 2 is 1.86 bits per heavy atom. The topological polar surface area (TPSA) is 76.9 Å². The van der Waals surface area contributed by atoms with Crippen molar-refractivity contribution in [3.63, 3.8) is 0 Å². The molecule has 0 aliphatic carbocycles. The van der Waals surface area contributed by atoms with Gasteiger partial charge in [0.1, 0.15) is 5.82 Å². The number of aromatic nitrogens is 1. The van der Waals surface area contributed by atoms with Gasteiger partial charge in [0.25, 0.3) is 0 Å². The van der Waals surface area contributed by atoms with Crippen LogP contribution in [0.5, 0.6) is 0 Å². The Balaban J connectivity index is 1.52. The number of hydrogen-bond donors (Lipinski definition) is 1. The van der Waals surface area contributed by atoms with Gasteiger partial charge in [-0.25, -0.2) is 4.39 Å². The lowest BCUT2D eigenvalue weighted by Crippen LogP contribution is -2.44. The maximum atomic E-state index is 14.7. The van der Waals surface area contributed by atoms with Crippen LogP contribution in [0.3, 0.4) is 0 Å². The largest absolute Gasteiger partial charge is 0.378 e. The number of halogens is 1. The van der Waals surface area contributed by atoms with Crippen LogP contribution >= 0.6 is 0 Å². The fraction of sp³-hybridized carbons (Fsp3) is 0.182. The third-order valence-electron chi connectivity index (χ3n) is 4.76. The molecular formula is C22H21FN4O2. The summed E-state index contributed by atoms with van der Waals surface area (Å²) in [5, 5.41) is 3.93. The number of benzene rings is 2. The minimum Gasteiger partial charge on any atom is -0.378 e. The molecule has 3 aromatic rings. The van der Waals surface area contributed by atoms with Crippen molar-refractivity contribution in [3.05, 3.63) is 78.3 Å². The highest BCUT2D eigenvalue weighted by molar-refractivity contribution is 5.82. The zero-order valence-corrected chi connectivity index (χ0v) is 15.8. The molecule has 2 aromatic carbocycles. The Morgan fingerprint density at radius 3 is 2.59 bits per heavy atom. The predicted octanol–water partition coefficient (Wildman–Crippen LogP) is 3.82. The molecule has 1 saturated heterocycles. The number of nitrogens with two attached hydrogens (primary N) is 1. The Kier molecular flexibility index (Phi) is 5.39. The second kappa shape index (κ2) is 8.28. The lowest BCUT2D eigenvalue weighted by molar-refractivity contribution is 0.0675. The van der Waals surface area contributed by atoms with Crippen molar-refractivity contribution in [3.8, 4) is 11.1 Å². The van der Waals surface area contributed by atoms with Crippen LogP contribution in [0.4, 0.5) is 10.2 Å². The Morgan fingerprint density at radius 1 is 1.10 bits per heavy atom. The quantitative estimate of drug-likeness (QED) is 0.540. The van der Waals surface area contributed by atoms with E-state index in [2.05, 4.69) is 16.7 Å². The number of hydrogen-bond acceptors (Lipinski definition) is 4. The van der Waals surface area contributed by atoms with E-state index >= 15 is 0 Å². The van der Waals surface area contributed by atoms with E-state index in [0.29, 0.717) is 60.5 Å². The van der Waals surface area contributed by atoms with Crippen molar-refractivity contribution < 1.29 is 13.7 Å². The standard InChI is InChI=1S/C22H21FN4O2/c1-15(17-7-8-18(19(23)13-17)16-5-3-2-4-6-16)20-14-21(26-29-20)25-22(24)27-9-11-28-12-10-27/h2-8,13-14H,1,9-12H2,(H2,24,25,26). The molecule has 0 spiro atoms. The molecule has 2 N–H and O–H groups in total. The molecule has 0 radical (unpaired) electrons. The molecule has 2 heterocycles. The van der Waals surface area contributed by atoms with E-state index in [1.807, 2.05) is 35.2 Å². The van der Waals surface area contributed by atoms with Gasteiger partial charge in [0.05, 0.1) is 13.2 Å². The van der Waals surface area contributed by atoms with Crippen LogP contribution in [-0.2, 0) is 4.74 Å². The lowest BCUT2D eigenvalue weighted by atomic mass is 9.99. The van der Waals surface area contributed by atoms with Crippen molar-refractivity contribution in [1.29, 1.82) is 0 Å². The SMILES string of the molecule is C=C(c1ccc(-c2ccccc2)c(F)c1)c1cc(N=C(N)N2CCOCC2)no1. The molecule has 1 aliphatic heterocycles. The zero-order chi connectivity index (χ0) is 20.2. The average molecular weight is 392 g/mol. The number of aliphatic imine (C=N–C) groups is 1. The summed E-state index contributed by atoms with van der Waals surface area (Å²) in [7, 11) is 0. The molecule has 148 valence electrons. The molecule has 1 aliphatic rings. The molecule has 0 atom stereocenters. The van der Waals surface area contributed by atoms with Gasteiger partial charge in [-0.15, -0.1) is 0 Å². The molecule has 1 fully saturated rings. The van der Waals surface area contributed by atoms with Gasteiger partial charge < -0.3 is 19.9 Å². The smallest absolute Gasteiger partial charge is 0.199 e. The molecule has 1 aromatic heterocycles. The van der Waals surface area contributed by atoms with Crippen LogP contribution in [0.15, 0.2) is 70.7 Å². The second-order valence-electron chi connectivity index (χ2n) is 6.66. The normalized spacial score (nSPS) is 14.8. The van der Waals surface area contributed by atoms with Gasteiger partial charge in [-0.1, -0.05) is 54.2 Å². The van der Waals surface area contributed by atoms with Gasteiger partial charge in [-0.05, 0) is 17.2 Å². The van der Waals surface area contributed by atoms with Gasteiger partial charge in [0.15, 0.2) is 17.5 Å². The van der Waals surface area contributed by atoms with E-state index in [0.717, 1.165) is 5.56 Å². The van der Waals surface area contributed by atoms with E-state index in [4.69, 9.17) is 15.0 Å². The Hall–Kier alpha value is -3.45. The number of ether oxygens (including phenoxy) is 1. The summed E-state index contributed by atoms with van der Waals surface area (Å²) in [5.41, 5.74) is 8.51.